The van der Waals surface area contributed by atoms with Gasteiger partial charge in [-0.2, -0.15) is 9.61 Å². The maximum absolute atomic E-state index is 6.06. The molecule has 0 radical (unpaired) electrons. The largest absolute Gasteiger partial charge is 0.493 e. The predicted molar refractivity (Wildman–Crippen MR) is 110 cm³/mol. The van der Waals surface area contributed by atoms with Crippen LogP contribution in [0.5, 0.6) is 11.5 Å². The molecule has 0 N–H and O–H groups in total. The molecule has 2 aromatic carbocycles. The van der Waals surface area contributed by atoms with Crippen LogP contribution in [-0.2, 0) is 5.75 Å². The molecule has 4 rings (SSSR count). The lowest BCUT2D eigenvalue weighted by molar-refractivity contribution is 0.355. The molecule has 0 amide bonds. The smallest absolute Gasteiger partial charge is 0.185 e. The number of ether oxygens (including phenoxy) is 2. The lowest BCUT2D eigenvalue weighted by atomic mass is 10.2. The first-order valence-corrected chi connectivity index (χ1v) is 9.86. The summed E-state index contributed by atoms with van der Waals surface area (Å²) in [5, 5.41) is 14.8. The summed E-state index contributed by atoms with van der Waals surface area (Å²) in [4.78, 5) is 0. The summed E-state index contributed by atoms with van der Waals surface area (Å²) >= 11 is 7.69. The number of rotatable bonds is 6. The van der Waals surface area contributed by atoms with Crippen LogP contribution in [-0.4, -0.2) is 34.0 Å². The van der Waals surface area contributed by atoms with Crippen LogP contribution in [0.25, 0.3) is 17.0 Å². The van der Waals surface area contributed by atoms with Crippen molar-refractivity contribution in [2.75, 3.05) is 14.2 Å². The van der Waals surface area contributed by atoms with Gasteiger partial charge in [0, 0.05) is 16.3 Å². The SMILES string of the molecule is COc1ccc(-c2nnc3ccc(SCc4cccc(Cl)c4)nn23)cc1OC. The van der Waals surface area contributed by atoms with E-state index in [1.165, 1.54) is 0 Å². The van der Waals surface area contributed by atoms with Crippen molar-refractivity contribution in [1.29, 1.82) is 0 Å². The van der Waals surface area contributed by atoms with Crippen molar-refractivity contribution in [2.24, 2.45) is 0 Å². The van der Waals surface area contributed by atoms with Gasteiger partial charge in [-0.15, -0.1) is 10.2 Å². The number of hydrogen-bond donors (Lipinski definition) is 0. The Balaban J connectivity index is 1.65. The second-order valence-corrected chi connectivity index (χ2v) is 7.39. The molecule has 0 bridgehead atoms. The first-order chi connectivity index (χ1) is 13.7. The summed E-state index contributed by atoms with van der Waals surface area (Å²) < 4.78 is 12.4. The summed E-state index contributed by atoms with van der Waals surface area (Å²) in [5.41, 5.74) is 2.66. The zero-order chi connectivity index (χ0) is 19.5. The van der Waals surface area contributed by atoms with Crippen molar-refractivity contribution < 1.29 is 9.47 Å². The van der Waals surface area contributed by atoms with Gasteiger partial charge in [0.2, 0.25) is 0 Å². The zero-order valence-electron chi connectivity index (χ0n) is 15.3. The minimum Gasteiger partial charge on any atom is -0.493 e. The Bertz CT molecular complexity index is 1130. The Morgan fingerprint density at radius 1 is 0.964 bits per heavy atom. The second-order valence-electron chi connectivity index (χ2n) is 5.95. The van der Waals surface area contributed by atoms with Gasteiger partial charge in [0.15, 0.2) is 23.0 Å². The van der Waals surface area contributed by atoms with Gasteiger partial charge in [0.25, 0.3) is 0 Å². The molecule has 28 heavy (non-hydrogen) atoms. The van der Waals surface area contributed by atoms with Crippen LogP contribution in [0.4, 0.5) is 0 Å². The van der Waals surface area contributed by atoms with Crippen LogP contribution in [0.15, 0.2) is 59.6 Å². The van der Waals surface area contributed by atoms with Gasteiger partial charge in [-0.25, -0.2) is 0 Å². The van der Waals surface area contributed by atoms with Crippen LogP contribution >= 0.6 is 23.4 Å². The molecular formula is C20H17ClN4O2S. The van der Waals surface area contributed by atoms with E-state index in [2.05, 4.69) is 10.2 Å². The van der Waals surface area contributed by atoms with Crippen molar-refractivity contribution >= 4 is 29.0 Å². The number of nitrogens with zero attached hydrogens (tertiary/aromatic N) is 4. The molecule has 6 nitrogen and oxygen atoms in total. The topological polar surface area (TPSA) is 61.5 Å². The van der Waals surface area contributed by atoms with E-state index in [9.17, 15) is 0 Å². The van der Waals surface area contributed by atoms with Crippen LogP contribution in [0, 0.1) is 0 Å². The normalized spacial score (nSPS) is 11.0. The van der Waals surface area contributed by atoms with Gasteiger partial charge < -0.3 is 9.47 Å². The summed E-state index contributed by atoms with van der Waals surface area (Å²) in [7, 11) is 3.21. The van der Waals surface area contributed by atoms with E-state index < -0.39 is 0 Å². The minimum absolute atomic E-state index is 0.628. The van der Waals surface area contributed by atoms with Crippen molar-refractivity contribution in [3.05, 3.63) is 65.2 Å². The van der Waals surface area contributed by atoms with Crippen LogP contribution in [0.1, 0.15) is 5.56 Å². The molecule has 0 aliphatic carbocycles. The molecule has 0 atom stereocenters. The second kappa shape index (κ2) is 8.08. The molecule has 8 heteroatoms. The van der Waals surface area contributed by atoms with Crippen molar-refractivity contribution in [1.82, 2.24) is 19.8 Å². The maximum atomic E-state index is 6.06. The first kappa shape index (κ1) is 18.6. The summed E-state index contributed by atoms with van der Waals surface area (Å²) in [6, 6.07) is 17.3. The van der Waals surface area contributed by atoms with E-state index >= 15 is 0 Å². The molecule has 0 spiro atoms. The Labute approximate surface area is 171 Å². The summed E-state index contributed by atoms with van der Waals surface area (Å²) in [6.45, 7) is 0. The van der Waals surface area contributed by atoms with Crippen molar-refractivity contribution in [2.45, 2.75) is 10.8 Å². The Kier molecular flexibility index (Phi) is 5.36. The predicted octanol–water partition coefficient (Wildman–Crippen LogP) is 4.75. The summed E-state index contributed by atoms with van der Waals surface area (Å²) in [5.74, 6) is 2.70. The number of benzene rings is 2. The molecule has 2 aromatic heterocycles. The fourth-order valence-corrected chi connectivity index (χ4v) is 3.80. The third kappa shape index (κ3) is 3.76. The summed E-state index contributed by atoms with van der Waals surface area (Å²) in [6.07, 6.45) is 0. The Morgan fingerprint density at radius 2 is 1.82 bits per heavy atom. The number of fused-ring (bicyclic) bond motifs is 1. The minimum atomic E-state index is 0.628. The number of halogens is 1. The van der Waals surface area contributed by atoms with Crippen molar-refractivity contribution in [3.63, 3.8) is 0 Å². The fraction of sp³-hybridized carbons (Fsp3) is 0.150. The quantitative estimate of drug-likeness (QED) is 0.426. The van der Waals surface area contributed by atoms with Crippen molar-refractivity contribution in [3.8, 4) is 22.9 Å². The molecule has 0 unspecified atom stereocenters. The molecule has 0 fully saturated rings. The third-order valence-corrected chi connectivity index (χ3v) is 5.38. The van der Waals surface area contributed by atoms with Crippen LogP contribution in [0.2, 0.25) is 5.02 Å². The standard InChI is InChI=1S/C20H17ClN4O2S/c1-26-16-7-6-14(11-17(16)27-2)20-23-22-18-8-9-19(24-25(18)20)28-12-13-4-3-5-15(21)10-13/h3-11H,12H2,1-2H3. The van der Waals surface area contributed by atoms with E-state index in [0.29, 0.717) is 23.0 Å². The molecule has 0 saturated carbocycles. The van der Waals surface area contributed by atoms with E-state index in [-0.39, 0.29) is 0 Å². The van der Waals surface area contributed by atoms with Gasteiger partial charge >= 0.3 is 0 Å². The molecule has 0 aliphatic heterocycles. The van der Waals surface area contributed by atoms with Gasteiger partial charge in [0.05, 0.1) is 14.2 Å². The van der Waals surface area contributed by atoms with Gasteiger partial charge in [0.1, 0.15) is 5.03 Å². The average molecular weight is 413 g/mol. The van der Waals surface area contributed by atoms with E-state index in [0.717, 1.165) is 26.9 Å². The molecule has 2 heterocycles. The maximum Gasteiger partial charge on any atom is 0.185 e. The van der Waals surface area contributed by atoms with Crippen LogP contribution < -0.4 is 9.47 Å². The van der Waals surface area contributed by atoms with E-state index in [1.54, 1.807) is 30.5 Å². The van der Waals surface area contributed by atoms with E-state index in [1.807, 2.05) is 54.6 Å². The Hall–Kier alpha value is -2.77. The van der Waals surface area contributed by atoms with Gasteiger partial charge in [-0.3, -0.25) is 0 Å². The van der Waals surface area contributed by atoms with Crippen LogP contribution in [0.3, 0.4) is 0 Å². The first-order valence-electron chi connectivity index (χ1n) is 8.50. The highest BCUT2D eigenvalue weighted by Gasteiger charge is 2.13. The highest BCUT2D eigenvalue weighted by molar-refractivity contribution is 7.98. The number of hydrogen-bond acceptors (Lipinski definition) is 6. The average Bonchev–Trinajstić information content (AvgIpc) is 3.15. The number of thioether (sulfide) groups is 1. The number of methoxy groups -OCH3 is 2. The molecule has 142 valence electrons. The van der Waals surface area contributed by atoms with Gasteiger partial charge in [-0.1, -0.05) is 35.5 Å². The monoisotopic (exact) mass is 412 g/mol. The lowest BCUT2D eigenvalue weighted by Gasteiger charge is -2.09. The Morgan fingerprint density at radius 3 is 2.61 bits per heavy atom. The van der Waals surface area contributed by atoms with Gasteiger partial charge in [-0.05, 0) is 48.0 Å². The fourth-order valence-electron chi connectivity index (χ4n) is 2.79. The molecular weight excluding hydrogens is 396 g/mol. The zero-order valence-corrected chi connectivity index (χ0v) is 16.9. The number of aromatic nitrogens is 4. The highest BCUT2D eigenvalue weighted by atomic mass is 35.5. The lowest BCUT2D eigenvalue weighted by Crippen LogP contribution is -1.97. The highest BCUT2D eigenvalue weighted by Crippen LogP contribution is 2.32. The molecule has 0 aliphatic rings. The van der Waals surface area contributed by atoms with E-state index in [4.69, 9.17) is 26.2 Å². The third-order valence-electron chi connectivity index (χ3n) is 4.16. The molecule has 4 aromatic rings. The molecule has 0 saturated heterocycles.